The molecule has 0 radical (unpaired) electrons. The second kappa shape index (κ2) is 9.27. The van der Waals surface area contributed by atoms with Crippen molar-refractivity contribution in [1.82, 2.24) is 5.32 Å². The third-order valence-corrected chi connectivity index (χ3v) is 7.32. The number of carbonyl (C=O) groups excluding carboxylic acids is 2. The van der Waals surface area contributed by atoms with E-state index in [-0.39, 0.29) is 17.2 Å². The zero-order chi connectivity index (χ0) is 22.7. The molecular formula is C26H26N2O4S. The molecule has 6 nitrogen and oxygen atoms in total. The average Bonchev–Trinajstić information content (AvgIpc) is 3.56. The maximum Gasteiger partial charge on any atom is 0.265 e. The lowest BCUT2D eigenvalue weighted by atomic mass is 9.78. The van der Waals surface area contributed by atoms with Crippen LogP contribution >= 0.6 is 11.3 Å². The highest BCUT2D eigenvalue weighted by Gasteiger charge is 2.37. The van der Waals surface area contributed by atoms with Crippen LogP contribution in [0, 0.1) is 0 Å². The van der Waals surface area contributed by atoms with Crippen LogP contribution < -0.4 is 20.1 Å². The molecule has 2 aromatic carbocycles. The topological polar surface area (TPSA) is 76.7 Å². The van der Waals surface area contributed by atoms with Gasteiger partial charge in [0.05, 0.1) is 4.88 Å². The van der Waals surface area contributed by atoms with E-state index in [9.17, 15) is 9.59 Å². The van der Waals surface area contributed by atoms with Crippen molar-refractivity contribution in [3.05, 3.63) is 76.0 Å². The van der Waals surface area contributed by atoms with Crippen LogP contribution in [0.4, 0.5) is 5.69 Å². The van der Waals surface area contributed by atoms with Gasteiger partial charge in [0, 0.05) is 23.2 Å². The Morgan fingerprint density at radius 1 is 0.909 bits per heavy atom. The highest BCUT2D eigenvalue weighted by Crippen LogP contribution is 2.43. The van der Waals surface area contributed by atoms with Crippen molar-refractivity contribution in [2.24, 2.45) is 0 Å². The van der Waals surface area contributed by atoms with Gasteiger partial charge in [-0.2, -0.15) is 0 Å². The van der Waals surface area contributed by atoms with Crippen molar-refractivity contribution in [1.29, 1.82) is 0 Å². The van der Waals surface area contributed by atoms with Gasteiger partial charge in [-0.15, -0.1) is 11.3 Å². The Morgan fingerprint density at radius 3 is 2.39 bits per heavy atom. The van der Waals surface area contributed by atoms with Crippen molar-refractivity contribution in [3.63, 3.8) is 0 Å². The fourth-order valence-electron chi connectivity index (χ4n) is 4.65. The first-order chi connectivity index (χ1) is 16.1. The van der Waals surface area contributed by atoms with E-state index in [4.69, 9.17) is 9.47 Å². The second-order valence-corrected chi connectivity index (χ2v) is 9.49. The minimum atomic E-state index is -0.148. The number of amides is 2. The predicted molar refractivity (Wildman–Crippen MR) is 129 cm³/mol. The summed E-state index contributed by atoms with van der Waals surface area (Å²) in [5.41, 5.74) is 2.32. The molecule has 1 aliphatic carbocycles. The van der Waals surface area contributed by atoms with Gasteiger partial charge in [0.15, 0.2) is 11.5 Å². The van der Waals surface area contributed by atoms with Crippen LogP contribution in [0.3, 0.4) is 0 Å². The van der Waals surface area contributed by atoms with Crippen LogP contribution in [0.2, 0.25) is 0 Å². The molecular weight excluding hydrogens is 436 g/mol. The lowest BCUT2D eigenvalue weighted by Gasteiger charge is -2.31. The summed E-state index contributed by atoms with van der Waals surface area (Å²) >= 11 is 1.39. The highest BCUT2D eigenvalue weighted by atomic mass is 32.1. The minimum Gasteiger partial charge on any atom is -0.486 e. The highest BCUT2D eigenvalue weighted by molar-refractivity contribution is 7.12. The van der Waals surface area contributed by atoms with Crippen molar-refractivity contribution in [2.45, 2.75) is 31.1 Å². The number of hydrogen-bond donors (Lipinski definition) is 2. The Labute approximate surface area is 196 Å². The molecule has 1 fully saturated rings. The maximum absolute atomic E-state index is 12.9. The fourth-order valence-corrected chi connectivity index (χ4v) is 5.27. The number of anilines is 1. The number of thiophene rings is 1. The van der Waals surface area contributed by atoms with Gasteiger partial charge in [-0.05, 0) is 66.2 Å². The Morgan fingerprint density at radius 2 is 1.67 bits per heavy atom. The molecule has 2 amide bonds. The van der Waals surface area contributed by atoms with Crippen molar-refractivity contribution in [3.8, 4) is 11.5 Å². The lowest BCUT2D eigenvalue weighted by molar-refractivity contribution is 0.0942. The third kappa shape index (κ3) is 4.59. The first-order valence-electron chi connectivity index (χ1n) is 11.3. The molecule has 0 atom stereocenters. The standard InChI is InChI=1S/C26H26N2O4S/c29-24(18-5-8-20(9-6-18)28-25(30)23-4-3-15-33-23)27-17-26(11-1-2-12-26)19-7-10-21-22(16-19)32-14-13-31-21/h3-10,15-16H,1-2,11-14,17H2,(H,27,29)(H,28,30). The van der Waals surface area contributed by atoms with Crippen LogP contribution in [0.15, 0.2) is 60.0 Å². The van der Waals surface area contributed by atoms with Crippen LogP contribution in [-0.2, 0) is 5.41 Å². The zero-order valence-corrected chi connectivity index (χ0v) is 19.1. The maximum atomic E-state index is 12.9. The first-order valence-corrected chi connectivity index (χ1v) is 12.1. The van der Waals surface area contributed by atoms with E-state index in [1.165, 1.54) is 16.9 Å². The summed E-state index contributed by atoms with van der Waals surface area (Å²) in [4.78, 5) is 25.7. The van der Waals surface area contributed by atoms with Crippen LogP contribution in [0.5, 0.6) is 11.5 Å². The summed E-state index contributed by atoms with van der Waals surface area (Å²) in [6, 6.07) is 16.8. The summed E-state index contributed by atoms with van der Waals surface area (Å²) in [5, 5.41) is 7.87. The summed E-state index contributed by atoms with van der Waals surface area (Å²) in [6.07, 6.45) is 4.34. The van der Waals surface area contributed by atoms with Crippen molar-refractivity contribution < 1.29 is 19.1 Å². The van der Waals surface area contributed by atoms with E-state index >= 15 is 0 Å². The van der Waals surface area contributed by atoms with E-state index in [1.807, 2.05) is 17.5 Å². The average molecular weight is 463 g/mol. The molecule has 0 unspecified atom stereocenters. The molecule has 5 rings (SSSR count). The number of ether oxygens (including phenoxy) is 2. The Bertz CT molecular complexity index is 1140. The SMILES string of the molecule is O=C(NCC1(c2ccc3c(c2)OCCO3)CCCC1)c1ccc(NC(=O)c2cccs2)cc1. The summed E-state index contributed by atoms with van der Waals surface area (Å²) < 4.78 is 11.4. The quantitative estimate of drug-likeness (QED) is 0.540. The molecule has 1 aromatic heterocycles. The van der Waals surface area contributed by atoms with E-state index in [1.54, 1.807) is 30.3 Å². The molecule has 3 aromatic rings. The zero-order valence-electron chi connectivity index (χ0n) is 18.3. The Kier molecular flexibility index (Phi) is 6.05. The van der Waals surface area contributed by atoms with E-state index in [0.717, 1.165) is 37.2 Å². The van der Waals surface area contributed by atoms with Gasteiger partial charge in [0.1, 0.15) is 13.2 Å². The molecule has 1 aliphatic heterocycles. The van der Waals surface area contributed by atoms with Crippen molar-refractivity contribution in [2.75, 3.05) is 25.1 Å². The number of rotatable bonds is 6. The van der Waals surface area contributed by atoms with Gasteiger partial charge in [-0.3, -0.25) is 9.59 Å². The smallest absolute Gasteiger partial charge is 0.265 e. The van der Waals surface area contributed by atoms with Crippen LogP contribution in [0.1, 0.15) is 51.3 Å². The van der Waals surface area contributed by atoms with Crippen LogP contribution in [-0.4, -0.2) is 31.6 Å². The van der Waals surface area contributed by atoms with Crippen molar-refractivity contribution >= 4 is 28.8 Å². The number of benzene rings is 2. The predicted octanol–water partition coefficient (Wildman–Crippen LogP) is 5.01. The second-order valence-electron chi connectivity index (χ2n) is 8.54. The largest absolute Gasteiger partial charge is 0.486 e. The van der Waals surface area contributed by atoms with Gasteiger partial charge >= 0.3 is 0 Å². The van der Waals surface area contributed by atoms with E-state index < -0.39 is 0 Å². The molecule has 2 heterocycles. The number of carbonyl (C=O) groups is 2. The summed E-state index contributed by atoms with van der Waals surface area (Å²) in [6.45, 7) is 1.70. The van der Waals surface area contributed by atoms with E-state index in [0.29, 0.717) is 35.9 Å². The summed E-state index contributed by atoms with van der Waals surface area (Å²) in [5.74, 6) is 1.31. The monoisotopic (exact) mass is 462 g/mol. The minimum absolute atomic E-state index is 0.0971. The normalized spacial score (nSPS) is 16.2. The van der Waals surface area contributed by atoms with Gasteiger partial charge < -0.3 is 20.1 Å². The third-order valence-electron chi connectivity index (χ3n) is 6.45. The number of nitrogens with one attached hydrogen (secondary N) is 2. The molecule has 170 valence electrons. The van der Waals surface area contributed by atoms with Gasteiger partial charge in [-0.25, -0.2) is 0 Å². The van der Waals surface area contributed by atoms with Gasteiger partial charge in [0.25, 0.3) is 11.8 Å². The molecule has 0 spiro atoms. The first kappa shape index (κ1) is 21.5. The molecule has 0 saturated heterocycles. The molecule has 7 heteroatoms. The Balaban J connectivity index is 1.25. The molecule has 2 aliphatic rings. The summed E-state index contributed by atoms with van der Waals surface area (Å²) in [7, 11) is 0. The molecule has 2 N–H and O–H groups in total. The lowest BCUT2D eigenvalue weighted by Crippen LogP contribution is -2.39. The number of hydrogen-bond acceptors (Lipinski definition) is 5. The fraction of sp³-hybridized carbons (Fsp3) is 0.308. The van der Waals surface area contributed by atoms with Crippen LogP contribution in [0.25, 0.3) is 0 Å². The Hall–Kier alpha value is -3.32. The number of fused-ring (bicyclic) bond motifs is 1. The van der Waals surface area contributed by atoms with Gasteiger partial charge in [0.2, 0.25) is 0 Å². The molecule has 1 saturated carbocycles. The molecule has 33 heavy (non-hydrogen) atoms. The van der Waals surface area contributed by atoms with Gasteiger partial charge in [-0.1, -0.05) is 25.0 Å². The van der Waals surface area contributed by atoms with E-state index in [2.05, 4.69) is 22.8 Å². The molecule has 0 bridgehead atoms.